The van der Waals surface area contributed by atoms with Crippen molar-refractivity contribution in [3.05, 3.63) is 34.7 Å². The Kier molecular flexibility index (Phi) is 3.56. The highest BCUT2D eigenvalue weighted by atomic mass is 32.1. The summed E-state index contributed by atoms with van der Waals surface area (Å²) in [5.74, 6) is 0.980. The molecule has 2 nitrogen and oxygen atoms in total. The van der Waals surface area contributed by atoms with E-state index in [1.54, 1.807) is 18.3 Å². The Balaban J connectivity index is 1.76. The van der Waals surface area contributed by atoms with Crippen LogP contribution in [0.15, 0.2) is 23.6 Å². The van der Waals surface area contributed by atoms with Gasteiger partial charge in [-0.05, 0) is 59.6 Å². The fourth-order valence-corrected chi connectivity index (χ4v) is 3.46. The van der Waals surface area contributed by atoms with Gasteiger partial charge in [-0.3, -0.25) is 4.79 Å². The molecular weight excluding hydrogens is 254 g/mol. The van der Waals surface area contributed by atoms with Gasteiger partial charge in [-0.1, -0.05) is 12.1 Å². The van der Waals surface area contributed by atoms with Crippen LogP contribution in [0.5, 0.6) is 0 Å². The summed E-state index contributed by atoms with van der Waals surface area (Å²) in [6.45, 7) is 2.30. The Labute approximate surface area is 117 Å². The minimum atomic E-state index is 0.0500. The van der Waals surface area contributed by atoms with Crippen LogP contribution in [-0.2, 0) is 17.6 Å². The number of hydrogen-bond donors (Lipinski definition) is 1. The Bertz CT molecular complexity index is 598. The Morgan fingerprint density at radius 2 is 2.26 bits per heavy atom. The number of benzene rings is 1. The number of carbonyl (C=O) groups excluding carboxylic acids is 1. The van der Waals surface area contributed by atoms with Crippen molar-refractivity contribution >= 4 is 27.3 Å². The van der Waals surface area contributed by atoms with Crippen LogP contribution in [0.2, 0.25) is 0 Å². The van der Waals surface area contributed by atoms with Crippen molar-refractivity contribution in [2.75, 3.05) is 6.54 Å². The number of fused-ring (bicyclic) bond motifs is 1. The number of amides is 1. The maximum atomic E-state index is 10.9. The van der Waals surface area contributed by atoms with Gasteiger partial charge in [-0.15, -0.1) is 11.3 Å². The van der Waals surface area contributed by atoms with E-state index in [-0.39, 0.29) is 5.91 Å². The van der Waals surface area contributed by atoms with Gasteiger partial charge >= 0.3 is 0 Å². The van der Waals surface area contributed by atoms with Gasteiger partial charge in [0.15, 0.2) is 0 Å². The molecule has 1 aromatic heterocycles. The van der Waals surface area contributed by atoms with E-state index >= 15 is 0 Å². The molecule has 1 heterocycles. The number of carbonyl (C=O) groups is 1. The summed E-state index contributed by atoms with van der Waals surface area (Å²) in [5, 5.41) is 6.48. The van der Waals surface area contributed by atoms with E-state index in [9.17, 15) is 4.79 Å². The topological polar surface area (TPSA) is 29.1 Å². The van der Waals surface area contributed by atoms with E-state index in [2.05, 4.69) is 28.9 Å². The van der Waals surface area contributed by atoms with Crippen LogP contribution in [0.4, 0.5) is 0 Å². The van der Waals surface area contributed by atoms with Gasteiger partial charge in [-0.25, -0.2) is 0 Å². The van der Waals surface area contributed by atoms with Crippen molar-refractivity contribution in [2.45, 2.75) is 32.6 Å². The lowest BCUT2D eigenvalue weighted by Crippen LogP contribution is -2.22. The Hall–Kier alpha value is -1.35. The Morgan fingerprint density at radius 3 is 3.00 bits per heavy atom. The quantitative estimate of drug-likeness (QED) is 0.887. The first-order valence-corrected chi connectivity index (χ1v) is 7.84. The molecule has 0 aliphatic heterocycles. The van der Waals surface area contributed by atoms with Gasteiger partial charge in [0.2, 0.25) is 5.91 Å². The molecular formula is C16H19NOS. The zero-order valence-electron chi connectivity index (χ0n) is 11.2. The number of thiophene rings is 1. The van der Waals surface area contributed by atoms with Crippen LogP contribution >= 0.6 is 11.3 Å². The van der Waals surface area contributed by atoms with Crippen molar-refractivity contribution in [3.8, 4) is 0 Å². The maximum absolute atomic E-state index is 10.9. The minimum Gasteiger partial charge on any atom is -0.356 e. The molecule has 3 rings (SSSR count). The largest absolute Gasteiger partial charge is 0.356 e. The molecule has 1 aliphatic carbocycles. The van der Waals surface area contributed by atoms with Crippen molar-refractivity contribution in [2.24, 2.45) is 5.92 Å². The van der Waals surface area contributed by atoms with Gasteiger partial charge in [0, 0.05) is 18.2 Å². The fourth-order valence-electron chi connectivity index (χ4n) is 2.48. The third-order valence-electron chi connectivity index (χ3n) is 3.71. The zero-order valence-corrected chi connectivity index (χ0v) is 12.1. The lowest BCUT2D eigenvalue weighted by atomic mass is 10.0. The predicted octanol–water partition coefficient (Wildman–Crippen LogP) is 3.53. The van der Waals surface area contributed by atoms with Gasteiger partial charge in [-0.2, -0.15) is 0 Å². The lowest BCUT2D eigenvalue weighted by molar-refractivity contribution is -0.118. The summed E-state index contributed by atoms with van der Waals surface area (Å²) in [6, 6.07) is 6.88. The van der Waals surface area contributed by atoms with Crippen molar-refractivity contribution in [1.29, 1.82) is 0 Å². The molecule has 1 aromatic carbocycles. The second-order valence-corrected chi connectivity index (χ2v) is 6.38. The molecule has 0 spiro atoms. The Morgan fingerprint density at radius 1 is 1.42 bits per heavy atom. The number of nitrogens with one attached hydrogen (secondary N) is 1. The summed E-state index contributed by atoms with van der Waals surface area (Å²) in [4.78, 5) is 10.9. The smallest absolute Gasteiger partial charge is 0.216 e. The molecule has 0 atom stereocenters. The summed E-state index contributed by atoms with van der Waals surface area (Å²) in [7, 11) is 0. The van der Waals surface area contributed by atoms with Crippen LogP contribution < -0.4 is 5.32 Å². The van der Waals surface area contributed by atoms with Gasteiger partial charge < -0.3 is 5.32 Å². The average Bonchev–Trinajstić information content (AvgIpc) is 3.10. The standard InChI is InChI=1S/C16H19NOS/c1-11(18)17-7-6-14-10-19-16-5-4-13(9-15(14)16)8-12-2-3-12/h4-5,9-10,12H,2-3,6-8H2,1H3,(H,17,18). The molecule has 3 heteroatoms. The van der Waals surface area contributed by atoms with E-state index < -0.39 is 0 Å². The molecule has 100 valence electrons. The van der Waals surface area contributed by atoms with E-state index in [4.69, 9.17) is 0 Å². The van der Waals surface area contributed by atoms with Gasteiger partial charge in [0.25, 0.3) is 0 Å². The normalized spacial score (nSPS) is 14.8. The summed E-state index contributed by atoms with van der Waals surface area (Å²) in [5.41, 5.74) is 2.83. The molecule has 1 amide bonds. The number of hydrogen-bond acceptors (Lipinski definition) is 2. The van der Waals surface area contributed by atoms with Gasteiger partial charge in [0.05, 0.1) is 0 Å². The average molecular weight is 273 g/mol. The first kappa shape index (κ1) is 12.7. The van der Waals surface area contributed by atoms with E-state index in [1.165, 1.54) is 40.5 Å². The summed E-state index contributed by atoms with van der Waals surface area (Å²) < 4.78 is 1.36. The highest BCUT2D eigenvalue weighted by Crippen LogP contribution is 2.34. The van der Waals surface area contributed by atoms with Crippen LogP contribution in [0.25, 0.3) is 10.1 Å². The van der Waals surface area contributed by atoms with E-state index in [0.29, 0.717) is 0 Å². The van der Waals surface area contributed by atoms with Crippen molar-refractivity contribution < 1.29 is 4.79 Å². The van der Waals surface area contributed by atoms with Crippen LogP contribution in [0.3, 0.4) is 0 Å². The fraction of sp³-hybridized carbons (Fsp3) is 0.438. The third-order valence-corrected chi connectivity index (χ3v) is 4.72. The van der Waals surface area contributed by atoms with Crippen LogP contribution in [0.1, 0.15) is 30.9 Å². The van der Waals surface area contributed by atoms with Gasteiger partial charge in [0.1, 0.15) is 0 Å². The predicted molar refractivity (Wildman–Crippen MR) is 80.6 cm³/mol. The number of rotatable bonds is 5. The molecule has 1 aliphatic rings. The lowest BCUT2D eigenvalue weighted by Gasteiger charge is -2.03. The molecule has 2 aromatic rings. The molecule has 1 N–H and O–H groups in total. The first-order valence-electron chi connectivity index (χ1n) is 6.96. The summed E-state index contributed by atoms with van der Waals surface area (Å²) >= 11 is 1.80. The SMILES string of the molecule is CC(=O)NCCc1csc2ccc(CC3CC3)cc12. The highest BCUT2D eigenvalue weighted by Gasteiger charge is 2.21. The molecule has 0 unspecified atom stereocenters. The van der Waals surface area contributed by atoms with Crippen LogP contribution in [0, 0.1) is 5.92 Å². The van der Waals surface area contributed by atoms with Crippen LogP contribution in [-0.4, -0.2) is 12.5 Å². The monoisotopic (exact) mass is 273 g/mol. The second-order valence-electron chi connectivity index (χ2n) is 5.47. The molecule has 0 bridgehead atoms. The molecule has 0 radical (unpaired) electrons. The minimum absolute atomic E-state index is 0.0500. The molecule has 1 fully saturated rings. The van der Waals surface area contributed by atoms with Crippen molar-refractivity contribution in [3.63, 3.8) is 0 Å². The summed E-state index contributed by atoms with van der Waals surface area (Å²) in [6.07, 6.45) is 4.96. The van der Waals surface area contributed by atoms with Crippen molar-refractivity contribution in [1.82, 2.24) is 5.32 Å². The zero-order chi connectivity index (χ0) is 13.2. The second kappa shape index (κ2) is 5.33. The highest BCUT2D eigenvalue weighted by molar-refractivity contribution is 7.17. The first-order chi connectivity index (χ1) is 9.22. The van der Waals surface area contributed by atoms with E-state index in [0.717, 1.165) is 18.9 Å². The molecule has 19 heavy (non-hydrogen) atoms. The maximum Gasteiger partial charge on any atom is 0.216 e. The molecule has 1 saturated carbocycles. The molecule has 0 saturated heterocycles. The van der Waals surface area contributed by atoms with E-state index in [1.807, 2.05) is 0 Å². The third kappa shape index (κ3) is 3.16.